The number of rotatable bonds is 7. The lowest BCUT2D eigenvalue weighted by molar-refractivity contribution is -0.137. The molecular weight excluding hydrogens is 820 g/mol. The number of aromatic nitrogens is 3. The highest BCUT2D eigenvalue weighted by Gasteiger charge is 2.32. The van der Waals surface area contributed by atoms with Crippen LogP contribution >= 0.6 is 0 Å². The van der Waals surface area contributed by atoms with E-state index in [0.717, 1.165) is 93.8 Å². The molecule has 6 heteroatoms. The Bertz CT molecular complexity index is 3580. The van der Waals surface area contributed by atoms with Crippen LogP contribution in [0.4, 0.5) is 13.2 Å². The first-order valence-electron chi connectivity index (χ1n) is 21.9. The molecule has 12 rings (SSSR count). The molecule has 0 saturated heterocycles. The van der Waals surface area contributed by atoms with E-state index in [-0.39, 0.29) is 0 Å². The number of hydrogen-bond donors (Lipinski definition) is 0. The van der Waals surface area contributed by atoms with Crippen LogP contribution in [0, 0.1) is 0 Å². The van der Waals surface area contributed by atoms with Gasteiger partial charge in [-0.05, 0) is 111 Å². The van der Waals surface area contributed by atoms with Gasteiger partial charge in [0.2, 0.25) is 0 Å². The van der Waals surface area contributed by atoms with Gasteiger partial charge < -0.3 is 9.13 Å². The molecule has 0 fully saturated rings. The van der Waals surface area contributed by atoms with E-state index in [4.69, 9.17) is 0 Å². The fourth-order valence-corrected chi connectivity index (χ4v) is 9.72. The molecule has 9 aromatic carbocycles. The lowest BCUT2D eigenvalue weighted by Crippen LogP contribution is -2.08. The Balaban J connectivity index is 1.13. The van der Waals surface area contributed by atoms with Gasteiger partial charge in [-0.25, -0.2) is 0 Å². The number of hydrogen-bond acceptors (Lipinski definition) is 1. The molecule has 0 aliphatic carbocycles. The molecule has 0 unspecified atom stereocenters. The van der Waals surface area contributed by atoms with Crippen molar-refractivity contribution in [2.24, 2.45) is 0 Å². The summed E-state index contributed by atoms with van der Waals surface area (Å²) in [6.45, 7) is 0. The van der Waals surface area contributed by atoms with Crippen LogP contribution in [0.15, 0.2) is 231 Å². The van der Waals surface area contributed by atoms with E-state index in [1.807, 2.05) is 95.6 Å². The molecule has 0 spiro atoms. The smallest absolute Gasteiger partial charge is 0.309 e. The Kier molecular flexibility index (Phi) is 9.28. The van der Waals surface area contributed by atoms with Crippen LogP contribution < -0.4 is 0 Å². The van der Waals surface area contributed by atoms with Gasteiger partial charge in [-0.3, -0.25) is 4.98 Å². The van der Waals surface area contributed by atoms with Gasteiger partial charge in [0.1, 0.15) is 0 Å². The summed E-state index contributed by atoms with van der Waals surface area (Å²) in [7, 11) is 0. The zero-order valence-corrected chi connectivity index (χ0v) is 35.4. The molecule has 0 bridgehead atoms. The molecule has 0 radical (unpaired) electrons. The van der Waals surface area contributed by atoms with Crippen molar-refractivity contribution in [1.82, 2.24) is 14.1 Å². The third-order valence-electron chi connectivity index (χ3n) is 12.9. The molecule has 3 nitrogen and oxygen atoms in total. The Labute approximate surface area is 378 Å². The van der Waals surface area contributed by atoms with Crippen LogP contribution in [0.25, 0.3) is 111 Å². The summed E-state index contributed by atoms with van der Waals surface area (Å²) >= 11 is 0. The summed E-state index contributed by atoms with van der Waals surface area (Å²) in [5, 5.41) is 3.99. The number of alkyl halides is 3. The second-order valence-corrected chi connectivity index (χ2v) is 16.7. The lowest BCUT2D eigenvalue weighted by Gasteiger charge is -2.20. The molecule has 0 aliphatic heterocycles. The predicted molar refractivity (Wildman–Crippen MR) is 265 cm³/mol. The minimum atomic E-state index is -4.59. The maximum atomic E-state index is 15.0. The standard InChI is InChI=1S/C60H38F3N3/c61-60(62,63)47-25-26-48(59(37-47)66-56-29-23-45(41-17-9-3-10-18-41)35-51(56)52-36-46(24-30-57(52)66)42-19-11-4-12-20-42)53-38-64-32-31-58(53)65-54-27-21-43(39-13-5-1-6-14-39)33-49(54)50-34-44(22-28-55(50)65)40-15-7-2-8-16-40/h1-38H. The van der Waals surface area contributed by atoms with Crippen LogP contribution in [0.1, 0.15) is 5.56 Å². The topological polar surface area (TPSA) is 22.8 Å². The quantitative estimate of drug-likeness (QED) is 0.157. The van der Waals surface area contributed by atoms with Crippen molar-refractivity contribution in [1.29, 1.82) is 0 Å². The fourth-order valence-electron chi connectivity index (χ4n) is 9.72. The summed E-state index contributed by atoms with van der Waals surface area (Å²) in [5.74, 6) is 0. The fraction of sp³-hybridized carbons (Fsp3) is 0.0167. The van der Waals surface area contributed by atoms with Crippen molar-refractivity contribution in [3.05, 3.63) is 236 Å². The molecule has 3 aromatic heterocycles. The number of pyridine rings is 1. The van der Waals surface area contributed by atoms with E-state index in [2.05, 4.69) is 119 Å². The van der Waals surface area contributed by atoms with Gasteiger partial charge in [0.05, 0.1) is 39.0 Å². The molecule has 66 heavy (non-hydrogen) atoms. The zero-order chi connectivity index (χ0) is 44.4. The summed E-state index contributed by atoms with van der Waals surface area (Å²) in [6.07, 6.45) is -1.05. The Hall–Kier alpha value is -8.48. The second-order valence-electron chi connectivity index (χ2n) is 16.7. The van der Waals surface area contributed by atoms with Crippen molar-refractivity contribution in [2.75, 3.05) is 0 Å². The van der Waals surface area contributed by atoms with Crippen LogP contribution in [-0.4, -0.2) is 14.1 Å². The third-order valence-corrected chi connectivity index (χ3v) is 12.9. The Morgan fingerprint density at radius 3 is 1.05 bits per heavy atom. The molecule has 3 heterocycles. The number of nitrogens with zero attached hydrogens (tertiary/aromatic N) is 3. The molecular formula is C60H38F3N3. The summed E-state index contributed by atoms with van der Waals surface area (Å²) in [5.41, 5.74) is 13.8. The molecule has 0 saturated carbocycles. The first kappa shape index (κ1) is 39.1. The SMILES string of the molecule is FC(F)(F)c1ccc(-c2cnccc2-n2c3ccc(-c4ccccc4)cc3c3cc(-c4ccccc4)ccc32)c(-n2c3ccc(-c4ccccc4)cc3c3cc(-c4ccccc4)ccc32)c1. The highest BCUT2D eigenvalue weighted by atomic mass is 19.4. The van der Waals surface area contributed by atoms with E-state index in [9.17, 15) is 13.2 Å². The number of fused-ring (bicyclic) bond motifs is 6. The second kappa shape index (κ2) is 15.6. The molecule has 12 aromatic rings. The normalized spacial score (nSPS) is 11.9. The highest BCUT2D eigenvalue weighted by molar-refractivity contribution is 6.14. The molecule has 314 valence electrons. The first-order valence-corrected chi connectivity index (χ1v) is 21.9. The molecule has 0 atom stereocenters. The zero-order valence-electron chi connectivity index (χ0n) is 35.4. The van der Waals surface area contributed by atoms with Gasteiger partial charge in [-0.15, -0.1) is 0 Å². The molecule has 0 amide bonds. The monoisotopic (exact) mass is 857 g/mol. The third kappa shape index (κ3) is 6.65. The maximum Gasteiger partial charge on any atom is 0.416 e. The average Bonchev–Trinajstić information content (AvgIpc) is 3.88. The van der Waals surface area contributed by atoms with Crippen LogP contribution in [0.5, 0.6) is 0 Å². The predicted octanol–water partition coefficient (Wildman–Crippen LogP) is 16.6. The van der Waals surface area contributed by atoms with Crippen molar-refractivity contribution in [3.8, 4) is 67.0 Å². The van der Waals surface area contributed by atoms with Crippen molar-refractivity contribution in [2.45, 2.75) is 6.18 Å². The minimum absolute atomic E-state index is 0.400. The van der Waals surface area contributed by atoms with Crippen LogP contribution in [-0.2, 0) is 6.18 Å². The number of benzene rings is 9. The summed E-state index contributed by atoms with van der Waals surface area (Å²) < 4.78 is 49.2. The van der Waals surface area contributed by atoms with Gasteiger partial charge in [-0.2, -0.15) is 13.2 Å². The van der Waals surface area contributed by atoms with Gasteiger partial charge in [0.15, 0.2) is 0 Å². The van der Waals surface area contributed by atoms with E-state index in [1.165, 1.54) is 12.1 Å². The molecule has 0 aliphatic rings. The minimum Gasteiger partial charge on any atom is -0.309 e. The first-order chi connectivity index (χ1) is 32.4. The molecule has 0 N–H and O–H groups in total. The van der Waals surface area contributed by atoms with Crippen molar-refractivity contribution >= 4 is 43.6 Å². The average molecular weight is 858 g/mol. The van der Waals surface area contributed by atoms with Crippen LogP contribution in [0.3, 0.4) is 0 Å². The highest BCUT2D eigenvalue weighted by Crippen LogP contribution is 2.45. The lowest BCUT2D eigenvalue weighted by atomic mass is 10.00. The van der Waals surface area contributed by atoms with Gasteiger partial charge in [0, 0.05) is 45.1 Å². The van der Waals surface area contributed by atoms with Crippen molar-refractivity contribution < 1.29 is 13.2 Å². The Morgan fingerprint density at radius 2 is 0.682 bits per heavy atom. The van der Waals surface area contributed by atoms with Crippen LogP contribution in [0.2, 0.25) is 0 Å². The summed E-state index contributed by atoms with van der Waals surface area (Å²) in [6, 6.07) is 72.6. The van der Waals surface area contributed by atoms with Gasteiger partial charge in [-0.1, -0.05) is 152 Å². The van der Waals surface area contributed by atoms with E-state index in [0.29, 0.717) is 16.8 Å². The van der Waals surface area contributed by atoms with Gasteiger partial charge in [0.25, 0.3) is 0 Å². The largest absolute Gasteiger partial charge is 0.416 e. The van der Waals surface area contributed by atoms with Crippen molar-refractivity contribution in [3.63, 3.8) is 0 Å². The van der Waals surface area contributed by atoms with E-state index < -0.39 is 11.7 Å². The van der Waals surface area contributed by atoms with E-state index in [1.54, 1.807) is 18.5 Å². The number of halogens is 3. The Morgan fingerprint density at radius 1 is 0.318 bits per heavy atom. The van der Waals surface area contributed by atoms with Gasteiger partial charge >= 0.3 is 6.18 Å². The summed E-state index contributed by atoms with van der Waals surface area (Å²) in [4.78, 5) is 4.66. The maximum absolute atomic E-state index is 15.0. The van der Waals surface area contributed by atoms with E-state index >= 15 is 0 Å².